The number of hydrogen-bond donors (Lipinski definition) is 2. The quantitative estimate of drug-likeness (QED) is 0.811. The van der Waals surface area contributed by atoms with Gasteiger partial charge in [0.25, 0.3) is 0 Å². The average molecular weight is 290 g/mol. The molecule has 1 rings (SSSR count). The molecule has 7 nitrogen and oxygen atoms in total. The molecule has 0 unspecified atom stereocenters. The van der Waals surface area contributed by atoms with E-state index < -0.39 is 22.0 Å². The number of rotatable bonds is 6. The predicted molar refractivity (Wildman–Crippen MR) is 67.2 cm³/mol. The first-order valence-electron chi connectivity index (χ1n) is 5.83. The highest BCUT2D eigenvalue weighted by Gasteiger charge is 2.30. The second kappa shape index (κ2) is 5.70. The fourth-order valence-electron chi connectivity index (χ4n) is 1.78. The van der Waals surface area contributed by atoms with Gasteiger partial charge in [0.15, 0.2) is 5.76 Å². The molecular formula is C11H18N2O5S. The monoisotopic (exact) mass is 290 g/mol. The van der Waals surface area contributed by atoms with Crippen molar-refractivity contribution < 1.29 is 22.8 Å². The van der Waals surface area contributed by atoms with Crippen LogP contribution in [-0.2, 0) is 14.8 Å². The molecule has 1 heterocycles. The van der Waals surface area contributed by atoms with Crippen molar-refractivity contribution in [3.05, 3.63) is 11.5 Å². The standard InChI is InChI=1S/C11H18N2O5S/c1-6(2)5-9(11(14)15)13-19(16,17)10-7(3)12-18-8(10)4/h6,9,13H,5H2,1-4H3,(H,14,15)/t9-/m0/s1. The summed E-state index contributed by atoms with van der Waals surface area (Å²) in [6.45, 7) is 6.59. The zero-order chi connectivity index (χ0) is 14.8. The van der Waals surface area contributed by atoms with E-state index in [4.69, 9.17) is 9.63 Å². The molecule has 1 atom stereocenters. The lowest BCUT2D eigenvalue weighted by atomic mass is 10.1. The minimum atomic E-state index is -3.96. The van der Waals surface area contributed by atoms with Crippen molar-refractivity contribution in [2.24, 2.45) is 5.92 Å². The molecule has 0 bridgehead atoms. The summed E-state index contributed by atoms with van der Waals surface area (Å²) >= 11 is 0. The van der Waals surface area contributed by atoms with Crippen molar-refractivity contribution in [2.75, 3.05) is 0 Å². The Morgan fingerprint density at radius 2 is 2.00 bits per heavy atom. The van der Waals surface area contributed by atoms with E-state index in [9.17, 15) is 13.2 Å². The first-order chi connectivity index (χ1) is 8.65. The SMILES string of the molecule is Cc1noc(C)c1S(=O)(=O)N[C@@H](CC(C)C)C(=O)O. The van der Waals surface area contributed by atoms with Crippen molar-refractivity contribution in [3.8, 4) is 0 Å². The third-order valence-electron chi connectivity index (χ3n) is 2.54. The minimum absolute atomic E-state index is 0.0495. The Kier molecular flexibility index (Phi) is 4.70. The van der Waals surface area contributed by atoms with Crippen molar-refractivity contribution >= 4 is 16.0 Å². The Morgan fingerprint density at radius 3 is 2.37 bits per heavy atom. The van der Waals surface area contributed by atoms with Crippen LogP contribution < -0.4 is 4.72 Å². The van der Waals surface area contributed by atoms with Crippen LogP contribution in [0, 0.1) is 19.8 Å². The van der Waals surface area contributed by atoms with Crippen molar-refractivity contribution in [1.82, 2.24) is 9.88 Å². The van der Waals surface area contributed by atoms with Gasteiger partial charge < -0.3 is 9.63 Å². The van der Waals surface area contributed by atoms with E-state index in [1.165, 1.54) is 13.8 Å². The maximum Gasteiger partial charge on any atom is 0.321 e. The van der Waals surface area contributed by atoms with Gasteiger partial charge in [0.05, 0.1) is 0 Å². The number of carboxylic acids is 1. The van der Waals surface area contributed by atoms with Gasteiger partial charge in [-0.15, -0.1) is 0 Å². The van der Waals surface area contributed by atoms with Crippen LogP contribution in [0.5, 0.6) is 0 Å². The number of aromatic nitrogens is 1. The highest BCUT2D eigenvalue weighted by Crippen LogP contribution is 2.19. The number of hydrogen-bond acceptors (Lipinski definition) is 5. The van der Waals surface area contributed by atoms with E-state index in [1.54, 1.807) is 0 Å². The van der Waals surface area contributed by atoms with Crippen molar-refractivity contribution in [3.63, 3.8) is 0 Å². The van der Waals surface area contributed by atoms with Gasteiger partial charge in [-0.05, 0) is 26.2 Å². The molecule has 0 aromatic carbocycles. The Morgan fingerprint density at radius 1 is 1.42 bits per heavy atom. The van der Waals surface area contributed by atoms with Crippen molar-refractivity contribution in [2.45, 2.75) is 45.1 Å². The number of aryl methyl sites for hydroxylation is 2. The molecule has 1 aromatic rings. The smallest absolute Gasteiger partial charge is 0.321 e. The van der Waals surface area contributed by atoms with E-state index in [0.29, 0.717) is 0 Å². The van der Waals surface area contributed by atoms with E-state index in [1.807, 2.05) is 13.8 Å². The summed E-state index contributed by atoms with van der Waals surface area (Å²) in [4.78, 5) is 11.0. The van der Waals surface area contributed by atoms with Gasteiger partial charge in [0, 0.05) is 0 Å². The van der Waals surface area contributed by atoms with Crippen LogP contribution in [0.15, 0.2) is 9.42 Å². The van der Waals surface area contributed by atoms with Crippen LogP contribution >= 0.6 is 0 Å². The van der Waals surface area contributed by atoms with Gasteiger partial charge in [-0.2, -0.15) is 4.72 Å². The van der Waals surface area contributed by atoms with E-state index >= 15 is 0 Å². The predicted octanol–water partition coefficient (Wildman–Crippen LogP) is 1.07. The number of carbonyl (C=O) groups is 1. The van der Waals surface area contributed by atoms with Crippen LogP contribution in [0.25, 0.3) is 0 Å². The summed E-state index contributed by atoms with van der Waals surface area (Å²) in [6, 6.07) is -1.17. The van der Waals surface area contributed by atoms with E-state index in [2.05, 4.69) is 9.88 Å². The second-order valence-corrected chi connectivity index (χ2v) is 6.45. The summed E-state index contributed by atoms with van der Waals surface area (Å²) in [7, 11) is -3.96. The van der Waals surface area contributed by atoms with Crippen LogP contribution in [0.1, 0.15) is 31.7 Å². The molecule has 8 heteroatoms. The first kappa shape index (κ1) is 15.6. The Hall–Kier alpha value is -1.41. The van der Waals surface area contributed by atoms with Crippen LogP contribution in [-0.4, -0.2) is 30.7 Å². The number of nitrogens with zero attached hydrogens (tertiary/aromatic N) is 1. The zero-order valence-electron chi connectivity index (χ0n) is 11.3. The maximum absolute atomic E-state index is 12.2. The number of aliphatic carboxylic acids is 1. The van der Waals surface area contributed by atoms with E-state index in [-0.39, 0.29) is 28.7 Å². The molecule has 0 aliphatic heterocycles. The lowest BCUT2D eigenvalue weighted by Gasteiger charge is -2.16. The third kappa shape index (κ3) is 3.77. The van der Waals surface area contributed by atoms with Crippen LogP contribution in [0.2, 0.25) is 0 Å². The van der Waals surface area contributed by atoms with Gasteiger partial charge >= 0.3 is 5.97 Å². The second-order valence-electron chi connectivity index (χ2n) is 4.79. The molecule has 0 spiro atoms. The Balaban J connectivity index is 3.05. The van der Waals surface area contributed by atoms with Gasteiger partial charge in [0.2, 0.25) is 10.0 Å². The third-order valence-corrected chi connectivity index (χ3v) is 4.25. The number of sulfonamides is 1. The molecule has 1 aromatic heterocycles. The van der Waals surface area contributed by atoms with Gasteiger partial charge in [-0.3, -0.25) is 4.79 Å². The Labute approximate surface area is 112 Å². The van der Waals surface area contributed by atoms with Gasteiger partial charge in [-0.25, -0.2) is 8.42 Å². The fourth-order valence-corrected chi connectivity index (χ4v) is 3.31. The topological polar surface area (TPSA) is 110 Å². The fraction of sp³-hybridized carbons (Fsp3) is 0.636. The van der Waals surface area contributed by atoms with Crippen LogP contribution in [0.4, 0.5) is 0 Å². The number of carboxylic acid groups (broad SMARTS) is 1. The molecule has 0 amide bonds. The zero-order valence-corrected chi connectivity index (χ0v) is 12.1. The summed E-state index contributed by atoms with van der Waals surface area (Å²) in [5, 5.41) is 12.6. The minimum Gasteiger partial charge on any atom is -0.480 e. The molecule has 19 heavy (non-hydrogen) atoms. The molecule has 108 valence electrons. The molecule has 0 radical (unpaired) electrons. The molecule has 2 N–H and O–H groups in total. The normalized spacial score (nSPS) is 13.7. The summed E-state index contributed by atoms with van der Waals surface area (Å²) in [5.74, 6) is -1.02. The molecule has 0 aliphatic rings. The Bertz CT molecular complexity index is 542. The maximum atomic E-state index is 12.2. The highest BCUT2D eigenvalue weighted by molar-refractivity contribution is 7.89. The highest BCUT2D eigenvalue weighted by atomic mass is 32.2. The number of nitrogens with one attached hydrogen (secondary N) is 1. The van der Waals surface area contributed by atoms with Crippen LogP contribution in [0.3, 0.4) is 0 Å². The summed E-state index contributed by atoms with van der Waals surface area (Å²) in [6.07, 6.45) is 0.206. The van der Waals surface area contributed by atoms with Crippen molar-refractivity contribution in [1.29, 1.82) is 0 Å². The first-order valence-corrected chi connectivity index (χ1v) is 7.31. The average Bonchev–Trinajstić information content (AvgIpc) is 2.56. The summed E-state index contributed by atoms with van der Waals surface area (Å²) in [5.41, 5.74) is 0.207. The molecule has 0 saturated heterocycles. The lowest BCUT2D eigenvalue weighted by molar-refractivity contribution is -0.139. The lowest BCUT2D eigenvalue weighted by Crippen LogP contribution is -2.41. The van der Waals surface area contributed by atoms with Gasteiger partial charge in [0.1, 0.15) is 16.6 Å². The molecule has 0 saturated carbocycles. The van der Waals surface area contributed by atoms with Gasteiger partial charge in [-0.1, -0.05) is 19.0 Å². The molecule has 0 aliphatic carbocycles. The summed E-state index contributed by atoms with van der Waals surface area (Å²) < 4.78 is 31.3. The molecular weight excluding hydrogens is 272 g/mol. The largest absolute Gasteiger partial charge is 0.480 e. The molecule has 0 fully saturated rings. The van der Waals surface area contributed by atoms with E-state index in [0.717, 1.165) is 0 Å².